The molecule has 0 N–H and O–H groups in total. The minimum atomic E-state index is -0.417. The van der Waals surface area contributed by atoms with Crippen molar-refractivity contribution in [2.45, 2.75) is 0 Å². The van der Waals surface area contributed by atoms with E-state index in [0.29, 0.717) is 0 Å². The highest BCUT2D eigenvalue weighted by Crippen LogP contribution is 1.52. The Morgan fingerprint density at radius 3 is 2.25 bits per heavy atom. The van der Waals surface area contributed by atoms with Crippen LogP contribution in [0.25, 0.3) is 0 Å². The first-order valence-electron chi connectivity index (χ1n) is 1.08. The fourth-order valence-electron chi connectivity index (χ4n) is 0. The predicted molar refractivity (Wildman–Crippen MR) is 18.5 cm³/mol. The lowest BCUT2D eigenvalue weighted by atomic mass is 10.1. The summed E-state index contributed by atoms with van der Waals surface area (Å²) in [6, 6.07) is 0. The van der Waals surface area contributed by atoms with Gasteiger partial charge in [0.2, 0.25) is 0 Å². The molecule has 0 aromatic carbocycles. The zero-order valence-corrected chi connectivity index (χ0v) is 2.37. The molecule has 0 bridgehead atoms. The Kier molecular flexibility index (Phi) is 2.55. The summed E-state index contributed by atoms with van der Waals surface area (Å²) in [6.07, 6.45) is 0. The second-order valence-corrected chi connectivity index (χ2v) is 0.443. The van der Waals surface area contributed by atoms with E-state index in [2.05, 4.69) is 6.58 Å². The van der Waals surface area contributed by atoms with Crippen molar-refractivity contribution in [1.29, 1.82) is 0 Å². The van der Waals surface area contributed by atoms with Crippen molar-refractivity contribution in [3.8, 4) is 0 Å². The SMILES string of the molecule is C=CBF. The smallest absolute Gasteiger partial charge is 0.335 e. The highest BCUT2D eigenvalue weighted by molar-refractivity contribution is 6.33. The average Bonchev–Trinajstić information content (AvgIpc) is 1.37. The van der Waals surface area contributed by atoms with E-state index in [4.69, 9.17) is 0 Å². The van der Waals surface area contributed by atoms with Crippen LogP contribution in [0.15, 0.2) is 12.6 Å². The minimum Gasteiger partial charge on any atom is -0.335 e. The monoisotopic (exact) mass is 58.0 g/mol. The van der Waals surface area contributed by atoms with E-state index in [0.717, 1.165) is 0 Å². The van der Waals surface area contributed by atoms with Gasteiger partial charge < -0.3 is 4.32 Å². The molecule has 0 fully saturated rings. The van der Waals surface area contributed by atoms with Gasteiger partial charge in [-0.1, -0.05) is 5.98 Å². The first-order valence-corrected chi connectivity index (χ1v) is 1.08. The Hall–Kier alpha value is -0.265. The van der Waals surface area contributed by atoms with Crippen LogP contribution in [0.2, 0.25) is 0 Å². The third-order valence-corrected chi connectivity index (χ3v) is 0.109. The van der Waals surface area contributed by atoms with Crippen LogP contribution >= 0.6 is 0 Å². The van der Waals surface area contributed by atoms with Gasteiger partial charge in [0.25, 0.3) is 0 Å². The average molecular weight is 57.9 g/mol. The van der Waals surface area contributed by atoms with Gasteiger partial charge in [-0.3, -0.25) is 0 Å². The van der Waals surface area contributed by atoms with E-state index in [-0.39, 0.29) is 0 Å². The van der Waals surface area contributed by atoms with E-state index in [9.17, 15) is 4.32 Å². The standard InChI is InChI=1S/C2H4BF/c1-2-3-4/h2-3H,1H2. The van der Waals surface area contributed by atoms with Crippen molar-refractivity contribution in [3.05, 3.63) is 12.6 Å². The van der Waals surface area contributed by atoms with Gasteiger partial charge in [0.15, 0.2) is 0 Å². The van der Waals surface area contributed by atoms with Gasteiger partial charge >= 0.3 is 7.56 Å². The fourth-order valence-corrected chi connectivity index (χ4v) is 0. The first-order chi connectivity index (χ1) is 1.91. The second kappa shape index (κ2) is 2.73. The summed E-state index contributed by atoms with van der Waals surface area (Å²) >= 11 is 0. The molecule has 0 aliphatic carbocycles. The minimum absolute atomic E-state index is 0.417. The van der Waals surface area contributed by atoms with Crippen LogP contribution in [0.4, 0.5) is 4.32 Å². The molecule has 0 atom stereocenters. The van der Waals surface area contributed by atoms with Crippen LogP contribution in [-0.4, -0.2) is 7.56 Å². The van der Waals surface area contributed by atoms with Crippen molar-refractivity contribution in [3.63, 3.8) is 0 Å². The molecule has 0 heterocycles. The summed E-state index contributed by atoms with van der Waals surface area (Å²) in [5.74, 6) is 1.21. The summed E-state index contributed by atoms with van der Waals surface area (Å²) in [5, 5.41) is 0. The zero-order chi connectivity index (χ0) is 3.41. The summed E-state index contributed by atoms with van der Waals surface area (Å²) in [6.45, 7) is 3.10. The molecule has 0 saturated carbocycles. The normalized spacial score (nSPS) is 5.25. The summed E-state index contributed by atoms with van der Waals surface area (Å²) in [4.78, 5) is 0. The topological polar surface area (TPSA) is 0 Å². The van der Waals surface area contributed by atoms with Crippen LogP contribution < -0.4 is 0 Å². The Morgan fingerprint density at radius 1 is 2.00 bits per heavy atom. The van der Waals surface area contributed by atoms with Crippen molar-refractivity contribution in [1.82, 2.24) is 0 Å². The molecule has 0 aromatic heterocycles. The summed E-state index contributed by atoms with van der Waals surface area (Å²) < 4.78 is 10.6. The van der Waals surface area contributed by atoms with E-state index in [1.807, 2.05) is 0 Å². The maximum atomic E-state index is 10.6. The highest BCUT2D eigenvalue weighted by Gasteiger charge is 1.59. The molecule has 2 heteroatoms. The highest BCUT2D eigenvalue weighted by atomic mass is 19.1. The fraction of sp³-hybridized carbons (Fsp3) is 0. The maximum absolute atomic E-state index is 10.6. The van der Waals surface area contributed by atoms with E-state index < -0.39 is 7.56 Å². The zero-order valence-electron chi connectivity index (χ0n) is 2.37. The molecule has 4 heavy (non-hydrogen) atoms. The largest absolute Gasteiger partial charge is 0.356 e. The summed E-state index contributed by atoms with van der Waals surface area (Å²) in [5.41, 5.74) is 0. The molecular weight excluding hydrogens is 53.8 g/mol. The predicted octanol–water partition coefficient (Wildman–Crippen LogP) is 0.451. The third-order valence-electron chi connectivity index (χ3n) is 0.109. The van der Waals surface area contributed by atoms with Gasteiger partial charge in [-0.15, -0.1) is 6.58 Å². The van der Waals surface area contributed by atoms with Gasteiger partial charge in [0, 0.05) is 0 Å². The molecule has 0 radical (unpaired) electrons. The lowest BCUT2D eigenvalue weighted by Crippen LogP contribution is -1.57. The molecule has 22 valence electrons. The van der Waals surface area contributed by atoms with Crippen LogP contribution in [0, 0.1) is 0 Å². The number of halogens is 1. The molecule has 0 aromatic rings. The van der Waals surface area contributed by atoms with Crippen LogP contribution in [0.1, 0.15) is 0 Å². The Balaban J connectivity index is 2.30. The summed E-state index contributed by atoms with van der Waals surface area (Å²) in [7, 11) is -0.417. The first kappa shape index (κ1) is 3.73. The quantitative estimate of drug-likeness (QED) is 0.384. The lowest BCUT2D eigenvalue weighted by molar-refractivity contribution is 0.884. The number of hydrogen-bond acceptors (Lipinski definition) is 0. The lowest BCUT2D eigenvalue weighted by Gasteiger charge is -1.48. The van der Waals surface area contributed by atoms with Crippen molar-refractivity contribution < 1.29 is 4.32 Å². The number of rotatable bonds is 1. The van der Waals surface area contributed by atoms with Crippen molar-refractivity contribution in [2.75, 3.05) is 0 Å². The molecule has 0 saturated heterocycles. The van der Waals surface area contributed by atoms with Crippen LogP contribution in [-0.2, 0) is 0 Å². The van der Waals surface area contributed by atoms with E-state index in [1.165, 1.54) is 5.98 Å². The Morgan fingerprint density at radius 2 is 2.25 bits per heavy atom. The van der Waals surface area contributed by atoms with Gasteiger partial charge in [-0.05, 0) is 0 Å². The van der Waals surface area contributed by atoms with Gasteiger partial charge in [0.05, 0.1) is 0 Å². The van der Waals surface area contributed by atoms with Crippen LogP contribution in [0.3, 0.4) is 0 Å². The molecule has 0 nitrogen and oxygen atoms in total. The number of hydrogen-bond donors (Lipinski definition) is 0. The van der Waals surface area contributed by atoms with E-state index in [1.54, 1.807) is 0 Å². The Bertz CT molecular complexity index is 20.0. The molecule has 0 aliphatic heterocycles. The molecule has 0 amide bonds. The Labute approximate surface area is 25.6 Å². The van der Waals surface area contributed by atoms with E-state index >= 15 is 0 Å². The maximum Gasteiger partial charge on any atom is 0.356 e. The van der Waals surface area contributed by atoms with Crippen molar-refractivity contribution in [2.24, 2.45) is 0 Å². The molecule has 0 aliphatic rings. The molecule has 0 unspecified atom stereocenters. The molecule has 0 rings (SSSR count). The van der Waals surface area contributed by atoms with Gasteiger partial charge in [-0.2, -0.15) is 0 Å². The van der Waals surface area contributed by atoms with Gasteiger partial charge in [0.1, 0.15) is 0 Å². The molecular formula is C2H4BF. The second-order valence-electron chi connectivity index (χ2n) is 0.443. The third kappa shape index (κ3) is 1.73. The van der Waals surface area contributed by atoms with Gasteiger partial charge in [-0.25, -0.2) is 0 Å². The van der Waals surface area contributed by atoms with Crippen molar-refractivity contribution >= 4 is 7.56 Å². The molecule has 0 spiro atoms. The van der Waals surface area contributed by atoms with Crippen LogP contribution in [0.5, 0.6) is 0 Å².